The third-order valence-corrected chi connectivity index (χ3v) is 20.2. The lowest BCUT2D eigenvalue weighted by Gasteiger charge is -2.46. The maximum Gasteiger partial charge on any atom is 0.252 e. The molecule has 3 aromatic heterocycles. The molecule has 0 amide bonds. The van der Waals surface area contributed by atoms with Crippen molar-refractivity contribution in [3.05, 3.63) is 346 Å². The number of nitrogens with zero attached hydrogens (tertiary/aromatic N) is 4. The second-order valence-corrected chi connectivity index (χ2v) is 25.4. The van der Waals surface area contributed by atoms with E-state index in [9.17, 15) is 0 Å². The van der Waals surface area contributed by atoms with Crippen LogP contribution in [0.1, 0.15) is 0 Å². The maximum atomic E-state index is 6.63. The highest BCUT2D eigenvalue weighted by Gasteiger charge is 2.46. The summed E-state index contributed by atoms with van der Waals surface area (Å²) in [6.45, 7) is -0.290. The van der Waals surface area contributed by atoms with E-state index in [1.165, 1.54) is 37.9 Å². The van der Waals surface area contributed by atoms with Gasteiger partial charge in [0.25, 0.3) is 6.71 Å². The summed E-state index contributed by atoms with van der Waals surface area (Å²) in [5, 5.41) is 6.96. The van der Waals surface area contributed by atoms with E-state index < -0.39 is 0 Å². The molecule has 15 aromatic carbocycles. The Kier molecular flexibility index (Phi) is 12.1. The van der Waals surface area contributed by atoms with Crippen LogP contribution in [0.4, 0.5) is 34.1 Å². The number of aromatic nitrogens is 2. The van der Waals surface area contributed by atoms with Crippen LogP contribution >= 0.6 is 0 Å². The SMILES string of the molecule is c1ccc(-c2cccc(-c3ccccc3)c2N2c3cc4c(cc3B3c5cc6c7ccccc7n(-c7ccccc7)c6cc5N(c5c(-c6ccccc6)cccc5-c5ccccc5)c5cc(-c6ccc7oc8ccccc8c7c6)cc2c53)c2ccccc2n4-c2ccccc2)cc1. The highest BCUT2D eigenvalue weighted by Crippen LogP contribution is 2.55. The maximum absolute atomic E-state index is 6.63. The first-order valence-corrected chi connectivity index (χ1v) is 33.1. The number of furan rings is 1. The molecule has 0 saturated carbocycles. The van der Waals surface area contributed by atoms with Crippen molar-refractivity contribution < 1.29 is 4.42 Å². The molecule has 2 aliphatic rings. The number of hydrogen-bond acceptors (Lipinski definition) is 3. The fourth-order valence-electron chi connectivity index (χ4n) is 16.2. The van der Waals surface area contributed by atoms with Gasteiger partial charge in [-0.3, -0.25) is 0 Å². The number of rotatable bonds is 9. The first-order chi connectivity index (χ1) is 47.7. The highest BCUT2D eigenvalue weighted by atomic mass is 16.3. The summed E-state index contributed by atoms with van der Waals surface area (Å²) in [6, 6.07) is 128. The van der Waals surface area contributed by atoms with Crippen LogP contribution in [0.3, 0.4) is 0 Å². The monoisotopic (exact) mass is 1220 g/mol. The third-order valence-electron chi connectivity index (χ3n) is 20.2. The minimum atomic E-state index is -0.290. The Balaban J connectivity index is 1.01. The van der Waals surface area contributed by atoms with Crippen molar-refractivity contribution in [2.24, 2.45) is 0 Å². The Hall–Kier alpha value is -12.6. The van der Waals surface area contributed by atoms with Gasteiger partial charge in [0, 0.05) is 88.7 Å². The quantitative estimate of drug-likeness (QED) is 0.135. The molecule has 0 atom stereocenters. The second-order valence-electron chi connectivity index (χ2n) is 25.4. The van der Waals surface area contributed by atoms with Crippen LogP contribution in [-0.2, 0) is 0 Å². The number of benzene rings is 15. The molecule has 2 aliphatic heterocycles. The topological polar surface area (TPSA) is 29.5 Å². The van der Waals surface area contributed by atoms with Crippen molar-refractivity contribution in [1.82, 2.24) is 9.13 Å². The van der Waals surface area contributed by atoms with Crippen LogP contribution in [0.15, 0.2) is 350 Å². The van der Waals surface area contributed by atoms with E-state index in [0.29, 0.717) is 0 Å². The van der Waals surface area contributed by atoms with Crippen LogP contribution < -0.4 is 26.2 Å². The first kappa shape index (κ1) is 54.0. The summed E-state index contributed by atoms with van der Waals surface area (Å²) < 4.78 is 11.6. The van der Waals surface area contributed by atoms with Gasteiger partial charge in [0.2, 0.25) is 0 Å². The van der Waals surface area contributed by atoms with Crippen molar-refractivity contribution >= 4 is 123 Å². The van der Waals surface area contributed by atoms with Crippen LogP contribution in [0.5, 0.6) is 0 Å². The Morgan fingerprint density at radius 2 is 0.604 bits per heavy atom. The molecule has 0 aliphatic carbocycles. The molecule has 0 N–H and O–H groups in total. The molecule has 0 saturated heterocycles. The molecule has 0 bridgehead atoms. The van der Waals surface area contributed by atoms with Crippen molar-refractivity contribution in [3.8, 4) is 67.0 Å². The van der Waals surface area contributed by atoms with Gasteiger partial charge in [-0.05, 0) is 129 Å². The summed E-state index contributed by atoms with van der Waals surface area (Å²) in [4.78, 5) is 5.36. The first-order valence-electron chi connectivity index (χ1n) is 33.1. The molecule has 6 heteroatoms. The molecular weight excluding hydrogens is 1160 g/mol. The van der Waals surface area contributed by atoms with Gasteiger partial charge in [0.05, 0.1) is 33.4 Å². The third kappa shape index (κ3) is 8.19. The van der Waals surface area contributed by atoms with E-state index in [-0.39, 0.29) is 6.71 Å². The Morgan fingerprint density at radius 3 is 1.04 bits per heavy atom. The number of para-hydroxylation sites is 7. The largest absolute Gasteiger partial charge is 0.456 e. The summed E-state index contributed by atoms with van der Waals surface area (Å²) in [5.41, 5.74) is 30.0. The Bertz CT molecular complexity index is 5710. The van der Waals surface area contributed by atoms with Gasteiger partial charge in [-0.1, -0.05) is 267 Å². The summed E-state index contributed by atoms with van der Waals surface area (Å²) in [6.07, 6.45) is 0. The lowest BCUT2D eigenvalue weighted by Crippen LogP contribution is -2.61. The molecule has 18 aromatic rings. The smallest absolute Gasteiger partial charge is 0.252 e. The minimum absolute atomic E-state index is 0.290. The van der Waals surface area contributed by atoms with E-state index in [2.05, 4.69) is 365 Å². The molecule has 5 nitrogen and oxygen atoms in total. The lowest BCUT2D eigenvalue weighted by atomic mass is 9.33. The van der Waals surface area contributed by atoms with Crippen molar-refractivity contribution in [2.75, 3.05) is 9.80 Å². The fraction of sp³-hybridized carbons (Fsp3) is 0. The lowest BCUT2D eigenvalue weighted by molar-refractivity contribution is 0.669. The normalized spacial score (nSPS) is 12.5. The number of hydrogen-bond donors (Lipinski definition) is 0. The van der Waals surface area contributed by atoms with E-state index in [4.69, 9.17) is 4.42 Å². The molecular formula is C90H57BN4O. The molecule has 0 unspecified atom stereocenters. The van der Waals surface area contributed by atoms with E-state index in [0.717, 1.165) is 145 Å². The van der Waals surface area contributed by atoms with Gasteiger partial charge < -0.3 is 23.4 Å². The van der Waals surface area contributed by atoms with Crippen LogP contribution in [0, 0.1) is 0 Å². The van der Waals surface area contributed by atoms with Crippen LogP contribution in [-0.4, -0.2) is 15.8 Å². The number of fused-ring (bicyclic) bond motifs is 13. The molecule has 446 valence electrons. The zero-order valence-corrected chi connectivity index (χ0v) is 52.2. The molecule has 20 rings (SSSR count). The standard InChI is InChI=1S/C90H57BN4O/c1-7-27-58(28-8-1)66-42-25-43-67(59-29-9-2-10-30-59)89(66)94-82-56-80-73(70-39-19-22-46-78(70)92(80)64-35-15-5-16-36-64)54-76(82)91-77-55-74-71-40-20-23-47-79(71)93(65-37-17-6-18-38-65)81(74)57-83(77)95(90-68(60-31-11-3-12-32-60)44-26-45-69(90)61-33-13-4-14-34-61)85-53-63(52-84(94)88(85)91)62-49-50-87-75(51-62)72-41-21-24-48-86(72)96-87/h1-57H. The van der Waals surface area contributed by atoms with Gasteiger partial charge in [-0.25, -0.2) is 0 Å². The number of anilines is 6. The van der Waals surface area contributed by atoms with E-state index in [1.807, 2.05) is 0 Å². The van der Waals surface area contributed by atoms with Crippen LogP contribution in [0.25, 0.3) is 133 Å². The zero-order chi connectivity index (χ0) is 63.0. The molecule has 0 fully saturated rings. The molecule has 0 radical (unpaired) electrons. The van der Waals surface area contributed by atoms with Crippen LogP contribution in [0.2, 0.25) is 0 Å². The Labute approximate surface area is 555 Å². The van der Waals surface area contributed by atoms with Crippen molar-refractivity contribution in [2.45, 2.75) is 0 Å². The van der Waals surface area contributed by atoms with E-state index in [1.54, 1.807) is 0 Å². The van der Waals surface area contributed by atoms with Gasteiger partial charge >= 0.3 is 0 Å². The average molecular weight is 1220 g/mol. The van der Waals surface area contributed by atoms with Crippen molar-refractivity contribution in [1.29, 1.82) is 0 Å². The Morgan fingerprint density at radius 1 is 0.229 bits per heavy atom. The van der Waals surface area contributed by atoms with E-state index >= 15 is 0 Å². The van der Waals surface area contributed by atoms with Crippen molar-refractivity contribution in [3.63, 3.8) is 0 Å². The molecule has 5 heterocycles. The minimum Gasteiger partial charge on any atom is -0.456 e. The molecule has 0 spiro atoms. The van der Waals surface area contributed by atoms with Gasteiger partial charge in [-0.15, -0.1) is 0 Å². The predicted octanol–water partition coefficient (Wildman–Crippen LogP) is 22.2. The van der Waals surface area contributed by atoms with Gasteiger partial charge in [-0.2, -0.15) is 0 Å². The average Bonchev–Trinajstić information content (AvgIpc) is 0.965. The second kappa shape index (κ2) is 21.5. The molecule has 96 heavy (non-hydrogen) atoms. The highest BCUT2D eigenvalue weighted by molar-refractivity contribution is 7.00. The predicted molar refractivity (Wildman–Crippen MR) is 404 cm³/mol. The summed E-state index contributed by atoms with van der Waals surface area (Å²) in [5.74, 6) is 0. The zero-order valence-electron chi connectivity index (χ0n) is 52.2. The fourth-order valence-corrected chi connectivity index (χ4v) is 16.2. The van der Waals surface area contributed by atoms with Gasteiger partial charge in [0.15, 0.2) is 0 Å². The summed E-state index contributed by atoms with van der Waals surface area (Å²) in [7, 11) is 0. The summed E-state index contributed by atoms with van der Waals surface area (Å²) >= 11 is 0. The van der Waals surface area contributed by atoms with Gasteiger partial charge in [0.1, 0.15) is 11.2 Å².